The summed E-state index contributed by atoms with van der Waals surface area (Å²) in [4.78, 5) is 4.50. The number of piperidine rings is 1. The lowest BCUT2D eigenvalue weighted by Crippen LogP contribution is -2.32. The van der Waals surface area contributed by atoms with Crippen LogP contribution in [0.2, 0.25) is 0 Å². The summed E-state index contributed by atoms with van der Waals surface area (Å²) in [6.07, 6.45) is 2.36. The van der Waals surface area contributed by atoms with Crippen LogP contribution >= 0.6 is 0 Å². The normalized spacial score (nSPS) is 24.6. The molecule has 0 bridgehead atoms. The smallest absolute Gasteiger partial charge is 0.164 e. The fourth-order valence-electron chi connectivity index (χ4n) is 2.79. The fraction of sp³-hybridized carbons (Fsp3) is 0.615. The van der Waals surface area contributed by atoms with Crippen LogP contribution in [0.4, 0.5) is 0 Å². The molecule has 96 valence electrons. The van der Waals surface area contributed by atoms with Crippen molar-refractivity contribution >= 4 is 5.65 Å². The Hall–Kier alpha value is -1.49. The van der Waals surface area contributed by atoms with E-state index >= 15 is 0 Å². The van der Waals surface area contributed by atoms with Crippen LogP contribution in [0.1, 0.15) is 43.1 Å². The van der Waals surface area contributed by atoms with Gasteiger partial charge in [-0.25, -0.2) is 4.98 Å². The molecule has 0 aromatic carbocycles. The van der Waals surface area contributed by atoms with E-state index in [1.54, 1.807) is 0 Å². The Bertz CT molecular complexity index is 574. The van der Waals surface area contributed by atoms with E-state index in [1.165, 1.54) is 6.42 Å². The molecule has 1 saturated heterocycles. The third-order valence-electron chi connectivity index (χ3n) is 3.69. The van der Waals surface area contributed by atoms with Crippen molar-refractivity contribution in [2.75, 3.05) is 6.54 Å². The summed E-state index contributed by atoms with van der Waals surface area (Å²) < 4.78 is 2.07. The van der Waals surface area contributed by atoms with Gasteiger partial charge < -0.3 is 5.32 Å². The van der Waals surface area contributed by atoms with E-state index in [2.05, 4.69) is 31.8 Å². The zero-order valence-corrected chi connectivity index (χ0v) is 11.1. The first kappa shape index (κ1) is 11.6. The monoisotopic (exact) mass is 245 g/mol. The number of fused-ring (bicyclic) bond motifs is 1. The molecule has 1 N–H and O–H groups in total. The maximum Gasteiger partial charge on any atom is 0.164 e. The quantitative estimate of drug-likeness (QED) is 0.832. The first-order valence-electron chi connectivity index (χ1n) is 6.58. The van der Waals surface area contributed by atoms with Gasteiger partial charge >= 0.3 is 0 Å². The van der Waals surface area contributed by atoms with E-state index in [0.717, 1.165) is 41.9 Å². The van der Waals surface area contributed by atoms with Crippen LogP contribution in [-0.4, -0.2) is 26.1 Å². The Morgan fingerprint density at radius 1 is 1.33 bits per heavy atom. The van der Waals surface area contributed by atoms with Crippen LogP contribution in [0.25, 0.3) is 5.65 Å². The Labute approximate surface area is 107 Å². The second-order valence-corrected chi connectivity index (χ2v) is 5.33. The van der Waals surface area contributed by atoms with Crippen LogP contribution in [-0.2, 0) is 0 Å². The molecule has 1 aliphatic heterocycles. The van der Waals surface area contributed by atoms with Crippen molar-refractivity contribution in [1.82, 2.24) is 24.9 Å². The standard InChI is InChI=1S/C13H19N5/c1-8-4-5-14-11(6-8)13-17-16-12-7-9(2)15-10(3)18(12)13/h7-8,11,14H,4-6H2,1-3H3. The average Bonchev–Trinajstić information content (AvgIpc) is 2.72. The summed E-state index contributed by atoms with van der Waals surface area (Å²) >= 11 is 0. The largest absolute Gasteiger partial charge is 0.307 e. The van der Waals surface area contributed by atoms with Crippen molar-refractivity contribution < 1.29 is 0 Å². The molecule has 2 atom stereocenters. The number of hydrogen-bond donors (Lipinski definition) is 1. The van der Waals surface area contributed by atoms with Crippen molar-refractivity contribution in [2.45, 2.75) is 39.7 Å². The van der Waals surface area contributed by atoms with Crippen LogP contribution in [0.15, 0.2) is 6.07 Å². The summed E-state index contributed by atoms with van der Waals surface area (Å²) in [5.41, 5.74) is 1.89. The molecule has 0 aliphatic carbocycles. The molecule has 2 unspecified atom stereocenters. The average molecular weight is 245 g/mol. The highest BCUT2D eigenvalue weighted by Crippen LogP contribution is 2.26. The maximum atomic E-state index is 4.50. The fourth-order valence-corrected chi connectivity index (χ4v) is 2.79. The van der Waals surface area contributed by atoms with Crippen molar-refractivity contribution in [3.63, 3.8) is 0 Å². The Morgan fingerprint density at radius 2 is 2.17 bits per heavy atom. The minimum Gasteiger partial charge on any atom is -0.307 e. The zero-order valence-electron chi connectivity index (χ0n) is 11.1. The molecule has 0 amide bonds. The Morgan fingerprint density at radius 3 is 2.94 bits per heavy atom. The van der Waals surface area contributed by atoms with E-state index in [-0.39, 0.29) is 0 Å². The number of nitrogens with one attached hydrogen (secondary N) is 1. The first-order chi connectivity index (χ1) is 8.65. The topological polar surface area (TPSA) is 55.1 Å². The summed E-state index contributed by atoms with van der Waals surface area (Å²) in [6.45, 7) is 7.35. The molecule has 18 heavy (non-hydrogen) atoms. The molecule has 2 aromatic heterocycles. The SMILES string of the molecule is Cc1cc2nnc(C3CC(C)CCN3)n2c(C)n1. The molecular formula is C13H19N5. The predicted octanol–water partition coefficient (Wildman–Crippen LogP) is 1.80. The van der Waals surface area contributed by atoms with Gasteiger partial charge in [0.25, 0.3) is 0 Å². The number of aromatic nitrogens is 4. The minimum atomic E-state index is 0.298. The molecule has 0 saturated carbocycles. The molecule has 0 radical (unpaired) electrons. The van der Waals surface area contributed by atoms with Gasteiger partial charge in [-0.05, 0) is 39.2 Å². The summed E-state index contributed by atoms with van der Waals surface area (Å²) in [7, 11) is 0. The van der Waals surface area contributed by atoms with Gasteiger partial charge in [-0.15, -0.1) is 10.2 Å². The minimum absolute atomic E-state index is 0.298. The molecule has 2 aromatic rings. The summed E-state index contributed by atoms with van der Waals surface area (Å²) in [5, 5.41) is 12.2. The van der Waals surface area contributed by atoms with Gasteiger partial charge in [0.05, 0.1) is 6.04 Å². The number of aryl methyl sites for hydroxylation is 2. The lowest BCUT2D eigenvalue weighted by atomic mass is 9.94. The van der Waals surface area contributed by atoms with Gasteiger partial charge in [0.1, 0.15) is 5.82 Å². The molecule has 5 nitrogen and oxygen atoms in total. The number of rotatable bonds is 1. The third-order valence-corrected chi connectivity index (χ3v) is 3.69. The molecule has 3 rings (SSSR count). The summed E-state index contributed by atoms with van der Waals surface area (Å²) in [6, 6.07) is 2.28. The van der Waals surface area contributed by atoms with E-state index in [9.17, 15) is 0 Å². The van der Waals surface area contributed by atoms with E-state index in [4.69, 9.17) is 0 Å². The van der Waals surface area contributed by atoms with Crippen LogP contribution in [0, 0.1) is 19.8 Å². The van der Waals surface area contributed by atoms with E-state index in [1.807, 2.05) is 19.9 Å². The Balaban J connectivity index is 2.07. The lowest BCUT2D eigenvalue weighted by Gasteiger charge is -2.27. The Kier molecular flexibility index (Phi) is 2.78. The van der Waals surface area contributed by atoms with E-state index < -0.39 is 0 Å². The highest BCUT2D eigenvalue weighted by molar-refractivity contribution is 5.40. The lowest BCUT2D eigenvalue weighted by molar-refractivity contribution is 0.314. The van der Waals surface area contributed by atoms with E-state index in [0.29, 0.717) is 6.04 Å². The van der Waals surface area contributed by atoms with Crippen molar-refractivity contribution in [3.05, 3.63) is 23.4 Å². The van der Waals surface area contributed by atoms with Crippen LogP contribution in [0.5, 0.6) is 0 Å². The van der Waals surface area contributed by atoms with Gasteiger partial charge in [0, 0.05) is 11.8 Å². The first-order valence-corrected chi connectivity index (χ1v) is 6.58. The van der Waals surface area contributed by atoms with Crippen LogP contribution in [0.3, 0.4) is 0 Å². The molecule has 1 aliphatic rings. The van der Waals surface area contributed by atoms with Gasteiger partial charge in [-0.3, -0.25) is 4.40 Å². The number of hydrogen-bond acceptors (Lipinski definition) is 4. The highest BCUT2D eigenvalue weighted by atomic mass is 15.3. The maximum absolute atomic E-state index is 4.50. The zero-order chi connectivity index (χ0) is 12.7. The second kappa shape index (κ2) is 4.31. The molecule has 0 spiro atoms. The second-order valence-electron chi connectivity index (χ2n) is 5.33. The highest BCUT2D eigenvalue weighted by Gasteiger charge is 2.24. The molecule has 5 heteroatoms. The van der Waals surface area contributed by atoms with Gasteiger partial charge in [0.15, 0.2) is 11.5 Å². The molecule has 1 fully saturated rings. The van der Waals surface area contributed by atoms with Crippen LogP contribution < -0.4 is 5.32 Å². The van der Waals surface area contributed by atoms with Crippen molar-refractivity contribution in [1.29, 1.82) is 0 Å². The van der Waals surface area contributed by atoms with Gasteiger partial charge in [-0.1, -0.05) is 6.92 Å². The van der Waals surface area contributed by atoms with Gasteiger partial charge in [-0.2, -0.15) is 0 Å². The predicted molar refractivity (Wildman–Crippen MR) is 69.4 cm³/mol. The molecule has 3 heterocycles. The number of nitrogens with zero attached hydrogens (tertiary/aromatic N) is 4. The van der Waals surface area contributed by atoms with Crippen molar-refractivity contribution in [2.24, 2.45) is 5.92 Å². The third kappa shape index (κ3) is 1.88. The van der Waals surface area contributed by atoms with Crippen molar-refractivity contribution in [3.8, 4) is 0 Å². The van der Waals surface area contributed by atoms with Gasteiger partial charge in [0.2, 0.25) is 0 Å². The summed E-state index contributed by atoms with van der Waals surface area (Å²) in [5.74, 6) is 2.70. The molecular weight excluding hydrogens is 226 g/mol.